The van der Waals surface area contributed by atoms with Crippen molar-refractivity contribution in [2.24, 2.45) is 17.6 Å². The van der Waals surface area contributed by atoms with Gasteiger partial charge in [-0.1, -0.05) is 20.8 Å². The third-order valence-corrected chi connectivity index (χ3v) is 2.49. The number of rotatable bonds is 8. The molecule has 0 spiro atoms. The van der Waals surface area contributed by atoms with E-state index in [4.69, 9.17) is 5.73 Å². The van der Waals surface area contributed by atoms with Gasteiger partial charge in [-0.25, -0.2) is 0 Å². The first kappa shape index (κ1) is 15.6. The summed E-state index contributed by atoms with van der Waals surface area (Å²) < 4.78 is 0. The van der Waals surface area contributed by atoms with Crippen molar-refractivity contribution >= 4 is 18.1 Å². The normalized spacial score (nSPS) is 14.1. The molecule has 0 aliphatic carbocycles. The Morgan fingerprint density at radius 3 is 2.29 bits per heavy atom. The molecule has 0 aliphatic heterocycles. The van der Waals surface area contributed by atoms with Crippen LogP contribution in [0.4, 0.5) is 0 Å². The molecule has 2 atom stereocenters. The summed E-state index contributed by atoms with van der Waals surface area (Å²) >= 11 is 0. The van der Waals surface area contributed by atoms with Gasteiger partial charge in [-0.15, -0.1) is 0 Å². The van der Waals surface area contributed by atoms with Gasteiger partial charge in [-0.3, -0.25) is 9.59 Å². The third-order valence-electron chi connectivity index (χ3n) is 2.49. The topological polar surface area (TPSA) is 89.3 Å². The van der Waals surface area contributed by atoms with Crippen LogP contribution in [0.3, 0.4) is 0 Å². The van der Waals surface area contributed by atoms with E-state index in [9.17, 15) is 14.4 Å². The minimum absolute atomic E-state index is 0.185. The molecular formula is C12H22N2O3. The fourth-order valence-electron chi connectivity index (χ4n) is 1.47. The van der Waals surface area contributed by atoms with Gasteiger partial charge in [0.25, 0.3) is 0 Å². The summed E-state index contributed by atoms with van der Waals surface area (Å²) in [5.41, 5.74) is 5.01. The number of amides is 2. The van der Waals surface area contributed by atoms with Crippen LogP contribution in [-0.2, 0) is 14.4 Å². The number of aldehydes is 1. The van der Waals surface area contributed by atoms with Crippen molar-refractivity contribution in [2.75, 3.05) is 0 Å². The fourth-order valence-corrected chi connectivity index (χ4v) is 1.47. The van der Waals surface area contributed by atoms with Crippen LogP contribution < -0.4 is 11.1 Å². The second-order valence-corrected chi connectivity index (χ2v) is 4.79. The average Bonchev–Trinajstić information content (AvgIpc) is 2.23. The smallest absolute Gasteiger partial charge is 0.223 e. The zero-order valence-electron chi connectivity index (χ0n) is 10.7. The van der Waals surface area contributed by atoms with E-state index >= 15 is 0 Å². The molecule has 0 aliphatic rings. The van der Waals surface area contributed by atoms with Crippen molar-refractivity contribution in [1.29, 1.82) is 0 Å². The average molecular weight is 242 g/mol. The van der Waals surface area contributed by atoms with Gasteiger partial charge in [-0.2, -0.15) is 0 Å². The number of nitrogens with two attached hydrogens (primary N) is 1. The van der Waals surface area contributed by atoms with Crippen LogP contribution >= 0.6 is 0 Å². The number of carbonyl (C=O) groups excluding carboxylic acids is 3. The molecule has 0 fully saturated rings. The van der Waals surface area contributed by atoms with Crippen molar-refractivity contribution < 1.29 is 14.4 Å². The highest BCUT2D eigenvalue weighted by Crippen LogP contribution is 2.08. The second-order valence-electron chi connectivity index (χ2n) is 4.79. The summed E-state index contributed by atoms with van der Waals surface area (Å²) in [7, 11) is 0. The van der Waals surface area contributed by atoms with E-state index in [1.165, 1.54) is 0 Å². The summed E-state index contributed by atoms with van der Waals surface area (Å²) in [5.74, 6) is -0.591. The van der Waals surface area contributed by atoms with E-state index < -0.39 is 11.9 Å². The second kappa shape index (κ2) is 7.81. The number of hydrogen-bond acceptors (Lipinski definition) is 3. The van der Waals surface area contributed by atoms with E-state index in [-0.39, 0.29) is 18.2 Å². The Hall–Kier alpha value is -1.39. The highest BCUT2D eigenvalue weighted by molar-refractivity contribution is 5.82. The SMILES string of the molecule is CC(C)C[C@@H](C=O)NC(=O)[C@@H](C)CCC(N)=O. The third kappa shape index (κ3) is 7.49. The summed E-state index contributed by atoms with van der Waals surface area (Å²) in [6.07, 6.45) is 1.97. The first-order chi connectivity index (χ1) is 7.86. The summed E-state index contributed by atoms with van der Waals surface area (Å²) in [6.45, 7) is 5.69. The van der Waals surface area contributed by atoms with Crippen LogP contribution in [0.5, 0.6) is 0 Å². The molecule has 0 aromatic heterocycles. The Morgan fingerprint density at radius 1 is 1.29 bits per heavy atom. The van der Waals surface area contributed by atoms with Crippen LogP contribution in [-0.4, -0.2) is 24.1 Å². The molecule has 5 heteroatoms. The Labute approximate surface area is 102 Å². The molecule has 0 saturated heterocycles. The lowest BCUT2D eigenvalue weighted by Crippen LogP contribution is -2.40. The number of nitrogens with one attached hydrogen (secondary N) is 1. The first-order valence-electron chi connectivity index (χ1n) is 5.90. The van der Waals surface area contributed by atoms with E-state index in [1.54, 1.807) is 6.92 Å². The predicted molar refractivity (Wildman–Crippen MR) is 65.0 cm³/mol. The van der Waals surface area contributed by atoms with Crippen molar-refractivity contribution in [3.8, 4) is 0 Å². The largest absolute Gasteiger partial charge is 0.370 e. The first-order valence-corrected chi connectivity index (χ1v) is 5.90. The fraction of sp³-hybridized carbons (Fsp3) is 0.750. The lowest BCUT2D eigenvalue weighted by atomic mass is 10.0. The molecule has 17 heavy (non-hydrogen) atoms. The Bertz CT molecular complexity index is 277. The van der Waals surface area contributed by atoms with Crippen LogP contribution in [0.1, 0.15) is 40.0 Å². The summed E-state index contributed by atoms with van der Waals surface area (Å²) in [6, 6.07) is -0.446. The minimum atomic E-state index is -0.446. The number of hydrogen-bond donors (Lipinski definition) is 2. The van der Waals surface area contributed by atoms with Crippen LogP contribution in [0.25, 0.3) is 0 Å². The maximum Gasteiger partial charge on any atom is 0.223 e. The summed E-state index contributed by atoms with van der Waals surface area (Å²) in [5, 5.41) is 2.66. The number of carbonyl (C=O) groups is 3. The van der Waals surface area contributed by atoms with E-state index in [0.29, 0.717) is 18.8 Å². The van der Waals surface area contributed by atoms with Crippen molar-refractivity contribution in [1.82, 2.24) is 5.32 Å². The van der Waals surface area contributed by atoms with Crippen LogP contribution in [0.15, 0.2) is 0 Å². The number of primary amides is 1. The lowest BCUT2D eigenvalue weighted by Gasteiger charge is -2.17. The van der Waals surface area contributed by atoms with Crippen LogP contribution in [0, 0.1) is 11.8 Å². The molecule has 0 aromatic rings. The standard InChI is InChI=1S/C12H22N2O3/c1-8(2)6-10(7-15)14-12(17)9(3)4-5-11(13)16/h7-10H,4-6H2,1-3H3,(H2,13,16)(H,14,17)/t9-,10-/m0/s1. The highest BCUT2D eigenvalue weighted by atomic mass is 16.2. The molecule has 5 nitrogen and oxygen atoms in total. The molecule has 0 aromatic carbocycles. The molecule has 0 heterocycles. The predicted octanol–water partition coefficient (Wildman–Crippen LogP) is 0.618. The van der Waals surface area contributed by atoms with E-state index in [2.05, 4.69) is 5.32 Å². The van der Waals surface area contributed by atoms with Gasteiger partial charge >= 0.3 is 0 Å². The van der Waals surface area contributed by atoms with Gasteiger partial charge in [0.1, 0.15) is 6.29 Å². The molecule has 98 valence electrons. The van der Waals surface area contributed by atoms with Gasteiger partial charge in [0.15, 0.2) is 0 Å². The molecule has 0 bridgehead atoms. The maximum atomic E-state index is 11.7. The lowest BCUT2D eigenvalue weighted by molar-refractivity contribution is -0.127. The summed E-state index contributed by atoms with van der Waals surface area (Å²) in [4.78, 5) is 33.0. The van der Waals surface area contributed by atoms with Gasteiger partial charge in [0, 0.05) is 12.3 Å². The molecule has 0 radical (unpaired) electrons. The zero-order chi connectivity index (χ0) is 13.4. The van der Waals surface area contributed by atoms with Crippen LogP contribution in [0.2, 0.25) is 0 Å². The monoisotopic (exact) mass is 242 g/mol. The van der Waals surface area contributed by atoms with Crippen molar-refractivity contribution in [3.63, 3.8) is 0 Å². The maximum absolute atomic E-state index is 11.7. The molecule has 0 rings (SSSR count). The van der Waals surface area contributed by atoms with Gasteiger partial charge < -0.3 is 15.8 Å². The molecule has 0 saturated carbocycles. The quantitative estimate of drug-likeness (QED) is 0.611. The molecule has 0 unspecified atom stereocenters. The molecule has 2 amide bonds. The van der Waals surface area contributed by atoms with E-state index in [0.717, 1.165) is 6.29 Å². The highest BCUT2D eigenvalue weighted by Gasteiger charge is 2.18. The van der Waals surface area contributed by atoms with E-state index in [1.807, 2.05) is 13.8 Å². The molecule has 3 N–H and O–H groups in total. The van der Waals surface area contributed by atoms with Gasteiger partial charge in [0.05, 0.1) is 6.04 Å². The zero-order valence-corrected chi connectivity index (χ0v) is 10.7. The van der Waals surface area contributed by atoms with Gasteiger partial charge in [-0.05, 0) is 18.8 Å². The Morgan fingerprint density at radius 2 is 1.88 bits per heavy atom. The van der Waals surface area contributed by atoms with Crippen molar-refractivity contribution in [2.45, 2.75) is 46.1 Å². The Kier molecular flexibility index (Phi) is 7.18. The minimum Gasteiger partial charge on any atom is -0.370 e. The molecular weight excluding hydrogens is 220 g/mol. The van der Waals surface area contributed by atoms with Gasteiger partial charge in [0.2, 0.25) is 11.8 Å². The Balaban J connectivity index is 4.12. The van der Waals surface area contributed by atoms with Crippen molar-refractivity contribution in [3.05, 3.63) is 0 Å².